The van der Waals surface area contributed by atoms with E-state index in [1.807, 2.05) is 6.92 Å². The molecule has 2 N–H and O–H groups in total. The summed E-state index contributed by atoms with van der Waals surface area (Å²) in [7, 11) is 0. The van der Waals surface area contributed by atoms with Crippen LogP contribution in [0.3, 0.4) is 0 Å². The van der Waals surface area contributed by atoms with Gasteiger partial charge in [-0.2, -0.15) is 13.2 Å². The third-order valence-electron chi connectivity index (χ3n) is 5.88. The zero-order valence-electron chi connectivity index (χ0n) is 17.2. The number of hydrogen-bond donors (Lipinski definition) is 2. The first-order chi connectivity index (χ1) is 14.1. The molecule has 3 unspecified atom stereocenters. The number of ketones is 1. The highest BCUT2D eigenvalue weighted by Crippen LogP contribution is 2.41. The Kier molecular flexibility index (Phi) is 6.75. The number of ether oxygens (including phenoxy) is 1. The fraction of sp³-hybridized carbons (Fsp3) is 0.636. The molecule has 0 spiro atoms. The summed E-state index contributed by atoms with van der Waals surface area (Å²) in [5, 5.41) is 13.5. The van der Waals surface area contributed by atoms with Gasteiger partial charge in [0.05, 0.1) is 12.0 Å². The lowest BCUT2D eigenvalue weighted by atomic mass is 9.85. The molecule has 3 atom stereocenters. The van der Waals surface area contributed by atoms with Crippen molar-refractivity contribution >= 4 is 11.7 Å². The number of aliphatic hydroxyl groups excluding tert-OH is 1. The van der Waals surface area contributed by atoms with Crippen molar-refractivity contribution in [1.82, 2.24) is 5.32 Å². The lowest BCUT2D eigenvalue weighted by Gasteiger charge is -2.21. The highest BCUT2D eigenvalue weighted by molar-refractivity contribution is 5.94. The van der Waals surface area contributed by atoms with Crippen molar-refractivity contribution in [2.24, 2.45) is 11.8 Å². The van der Waals surface area contributed by atoms with Gasteiger partial charge in [-0.1, -0.05) is 6.92 Å². The van der Waals surface area contributed by atoms with E-state index < -0.39 is 30.7 Å². The third-order valence-corrected chi connectivity index (χ3v) is 5.88. The van der Waals surface area contributed by atoms with Gasteiger partial charge in [-0.15, -0.1) is 0 Å². The largest absolute Gasteiger partial charge is 0.484 e. The third kappa shape index (κ3) is 5.53. The zero-order chi connectivity index (χ0) is 22.1. The first-order valence-corrected chi connectivity index (χ1v) is 10.4. The maximum atomic E-state index is 13.0. The van der Waals surface area contributed by atoms with Crippen molar-refractivity contribution in [3.05, 3.63) is 28.8 Å². The smallest absolute Gasteiger partial charge is 0.422 e. The van der Waals surface area contributed by atoms with Crippen LogP contribution in [0.4, 0.5) is 13.2 Å². The minimum atomic E-state index is -4.44. The van der Waals surface area contributed by atoms with Gasteiger partial charge >= 0.3 is 6.18 Å². The molecule has 3 rings (SSSR count). The first kappa shape index (κ1) is 22.6. The van der Waals surface area contributed by atoms with E-state index in [0.717, 1.165) is 12.8 Å². The van der Waals surface area contributed by atoms with Crippen LogP contribution in [0.15, 0.2) is 12.1 Å². The second-order valence-electron chi connectivity index (χ2n) is 8.40. The summed E-state index contributed by atoms with van der Waals surface area (Å²) in [6, 6.07) is 2.97. The Morgan fingerprint density at radius 1 is 1.30 bits per heavy atom. The van der Waals surface area contributed by atoms with Gasteiger partial charge in [0, 0.05) is 18.9 Å². The van der Waals surface area contributed by atoms with Crippen LogP contribution in [0.5, 0.6) is 5.75 Å². The number of carbonyl (C=O) groups excluding carboxylic acids is 2. The van der Waals surface area contributed by atoms with Crippen LogP contribution in [0, 0.1) is 18.8 Å². The van der Waals surface area contributed by atoms with Crippen LogP contribution in [-0.4, -0.2) is 42.2 Å². The topological polar surface area (TPSA) is 75.6 Å². The van der Waals surface area contributed by atoms with E-state index in [0.29, 0.717) is 35.6 Å². The van der Waals surface area contributed by atoms with Crippen molar-refractivity contribution in [3.63, 3.8) is 0 Å². The number of carbonyl (C=O) groups is 2. The van der Waals surface area contributed by atoms with Gasteiger partial charge in [-0.25, -0.2) is 0 Å². The zero-order valence-corrected chi connectivity index (χ0v) is 17.2. The van der Waals surface area contributed by atoms with Crippen LogP contribution in [-0.2, 0) is 16.0 Å². The van der Waals surface area contributed by atoms with Crippen LogP contribution in [0.2, 0.25) is 0 Å². The maximum absolute atomic E-state index is 13.0. The molecule has 1 aromatic rings. The molecule has 2 saturated carbocycles. The summed E-state index contributed by atoms with van der Waals surface area (Å²) in [5.41, 5.74) is 1.90. The highest BCUT2D eigenvalue weighted by Gasteiger charge is 2.44. The molecule has 30 heavy (non-hydrogen) atoms. The summed E-state index contributed by atoms with van der Waals surface area (Å²) in [6.07, 6.45) is -2.41. The quantitative estimate of drug-likeness (QED) is 0.666. The average Bonchev–Trinajstić information content (AvgIpc) is 3.45. The first-order valence-electron chi connectivity index (χ1n) is 10.4. The normalized spacial score (nSPS) is 24.2. The molecule has 1 amide bonds. The highest BCUT2D eigenvalue weighted by atomic mass is 19.4. The Balaban J connectivity index is 1.74. The molecule has 2 aliphatic rings. The summed E-state index contributed by atoms with van der Waals surface area (Å²) >= 11 is 0. The van der Waals surface area contributed by atoms with Gasteiger partial charge in [-0.05, 0) is 67.3 Å². The Hall–Kier alpha value is -2.09. The molecule has 2 fully saturated rings. The summed E-state index contributed by atoms with van der Waals surface area (Å²) < 4.78 is 42.3. The molecule has 0 heterocycles. The molecular formula is C22H28F3NO4. The molecule has 0 bridgehead atoms. The molecule has 5 nitrogen and oxygen atoms in total. The van der Waals surface area contributed by atoms with Gasteiger partial charge in [0.2, 0.25) is 5.91 Å². The number of rotatable bonds is 8. The number of nitrogens with one attached hydrogen (secondary N) is 1. The number of benzene rings is 1. The van der Waals surface area contributed by atoms with Crippen molar-refractivity contribution < 1.29 is 32.6 Å². The predicted molar refractivity (Wildman–Crippen MR) is 104 cm³/mol. The summed E-state index contributed by atoms with van der Waals surface area (Å²) in [5.74, 6) is -1.09. The minimum Gasteiger partial charge on any atom is -0.484 e. The summed E-state index contributed by atoms with van der Waals surface area (Å²) in [6.45, 7) is 2.77. The van der Waals surface area contributed by atoms with Crippen molar-refractivity contribution in [3.8, 4) is 5.75 Å². The van der Waals surface area contributed by atoms with Gasteiger partial charge in [0.1, 0.15) is 11.5 Å². The van der Waals surface area contributed by atoms with Crippen LogP contribution in [0.25, 0.3) is 0 Å². The summed E-state index contributed by atoms with van der Waals surface area (Å²) in [4.78, 5) is 25.2. The standard InChI is InChI=1S/C22H28F3NO4/c1-3-14-7-16(30-11-22(23,24)25)6-12(2)19(14)20-17(27)8-15(21(20)29)9-18(28)26-10-13-4-5-13/h6-7,13,15,17,20,27H,3-5,8-11H2,1-2H3,(H,26,28). The van der Waals surface area contributed by atoms with Crippen molar-refractivity contribution in [2.45, 2.75) is 64.1 Å². The van der Waals surface area contributed by atoms with E-state index in [-0.39, 0.29) is 30.3 Å². The fourth-order valence-corrected chi connectivity index (χ4v) is 4.20. The monoisotopic (exact) mass is 427 g/mol. The number of alkyl halides is 3. The van der Waals surface area contributed by atoms with Gasteiger partial charge in [0.25, 0.3) is 0 Å². The number of hydrogen-bond acceptors (Lipinski definition) is 4. The van der Waals surface area contributed by atoms with E-state index >= 15 is 0 Å². The van der Waals surface area contributed by atoms with Crippen LogP contribution >= 0.6 is 0 Å². The number of amides is 1. The van der Waals surface area contributed by atoms with Gasteiger partial charge < -0.3 is 15.2 Å². The Morgan fingerprint density at radius 2 is 2.00 bits per heavy atom. The predicted octanol–water partition coefficient (Wildman–Crippen LogP) is 3.45. The molecular weight excluding hydrogens is 399 g/mol. The Bertz CT molecular complexity index is 804. The van der Waals surface area contributed by atoms with Gasteiger partial charge in [0.15, 0.2) is 6.61 Å². The SMILES string of the molecule is CCc1cc(OCC(F)(F)F)cc(C)c1C1C(=O)C(CC(=O)NCC2CC2)CC1O. The lowest BCUT2D eigenvalue weighted by molar-refractivity contribution is -0.153. The molecule has 0 saturated heterocycles. The van der Waals surface area contributed by atoms with E-state index in [1.54, 1.807) is 6.92 Å². The molecule has 8 heteroatoms. The van der Waals surface area contributed by atoms with Gasteiger partial charge in [-0.3, -0.25) is 9.59 Å². The van der Waals surface area contributed by atoms with E-state index in [1.165, 1.54) is 12.1 Å². The van der Waals surface area contributed by atoms with E-state index in [9.17, 15) is 27.9 Å². The minimum absolute atomic E-state index is 0.0480. The maximum Gasteiger partial charge on any atom is 0.422 e. The Labute approximate surface area is 174 Å². The van der Waals surface area contributed by atoms with Crippen molar-refractivity contribution in [1.29, 1.82) is 0 Å². The fourth-order valence-electron chi connectivity index (χ4n) is 4.20. The number of Topliss-reactive ketones (excluding diaryl/α,β-unsaturated/α-hetero) is 1. The molecule has 1 aromatic carbocycles. The van der Waals surface area contributed by atoms with E-state index in [4.69, 9.17) is 4.74 Å². The second kappa shape index (κ2) is 8.96. The second-order valence-corrected chi connectivity index (χ2v) is 8.40. The molecule has 166 valence electrons. The molecule has 2 aliphatic carbocycles. The average molecular weight is 427 g/mol. The molecule has 0 radical (unpaired) electrons. The number of aryl methyl sites for hydroxylation is 2. The van der Waals surface area contributed by atoms with Crippen molar-refractivity contribution in [2.75, 3.05) is 13.2 Å². The molecule has 0 aromatic heterocycles. The molecule has 0 aliphatic heterocycles. The Morgan fingerprint density at radius 3 is 2.60 bits per heavy atom. The van der Waals surface area contributed by atoms with E-state index in [2.05, 4.69) is 5.32 Å². The van der Waals surface area contributed by atoms with Crippen LogP contribution in [0.1, 0.15) is 55.2 Å². The van der Waals surface area contributed by atoms with Crippen LogP contribution < -0.4 is 10.1 Å². The number of halogens is 3. The number of aliphatic hydroxyl groups is 1. The lowest BCUT2D eigenvalue weighted by Crippen LogP contribution is -2.29.